The summed E-state index contributed by atoms with van der Waals surface area (Å²) in [4.78, 5) is 6.80. The van der Waals surface area contributed by atoms with Crippen LogP contribution in [0.3, 0.4) is 0 Å². The van der Waals surface area contributed by atoms with Crippen molar-refractivity contribution >= 4 is 37.0 Å². The third-order valence-corrected chi connectivity index (χ3v) is 9.69. The summed E-state index contributed by atoms with van der Waals surface area (Å²) in [5, 5.41) is 14.9. The van der Waals surface area contributed by atoms with E-state index < -0.39 is 0 Å². The first kappa shape index (κ1) is 24.1. The topological polar surface area (TPSA) is 72.9 Å². The molecular formula is C29H26FN6OTl. The molecule has 2 bridgehead atoms. The molecule has 0 spiro atoms. The first-order valence-corrected chi connectivity index (χ1v) is 15.1. The minimum absolute atomic E-state index is 0.135. The van der Waals surface area contributed by atoms with Crippen LogP contribution in [0.5, 0.6) is 0 Å². The average molecular weight is 698 g/mol. The fourth-order valence-corrected chi connectivity index (χ4v) is 7.64. The molecule has 0 radical (unpaired) electrons. The average Bonchev–Trinajstić information content (AvgIpc) is 3.61. The Morgan fingerprint density at radius 1 is 1.00 bits per heavy atom. The van der Waals surface area contributed by atoms with Crippen LogP contribution in [-0.4, -0.2) is 65.8 Å². The van der Waals surface area contributed by atoms with E-state index in [0.29, 0.717) is 50.4 Å². The van der Waals surface area contributed by atoms with Gasteiger partial charge in [-0.15, -0.1) is 0 Å². The van der Waals surface area contributed by atoms with Crippen molar-refractivity contribution in [2.75, 3.05) is 0 Å². The molecule has 2 aliphatic heterocycles. The van der Waals surface area contributed by atoms with Gasteiger partial charge >= 0.3 is 197 Å². The Balaban J connectivity index is 1.19. The molecule has 2 fully saturated rings. The van der Waals surface area contributed by atoms with Crippen molar-refractivity contribution in [3.8, 4) is 22.7 Å². The molecule has 0 amide bonds. The quantitative estimate of drug-likeness (QED) is 0.228. The molecule has 38 heavy (non-hydrogen) atoms. The van der Waals surface area contributed by atoms with Crippen LogP contribution in [0.2, 0.25) is 0 Å². The van der Waals surface area contributed by atoms with Gasteiger partial charge in [-0.2, -0.15) is 0 Å². The van der Waals surface area contributed by atoms with E-state index in [4.69, 9.17) is 9.52 Å². The molecule has 2 aromatic carbocycles. The first-order valence-electron chi connectivity index (χ1n) is 13.1. The molecule has 5 aromatic rings. The number of rotatable bonds is 5. The van der Waals surface area contributed by atoms with Crippen molar-refractivity contribution < 1.29 is 8.81 Å². The van der Waals surface area contributed by atoms with Crippen LogP contribution >= 0.6 is 0 Å². The van der Waals surface area contributed by atoms with Crippen LogP contribution in [0.25, 0.3) is 33.6 Å². The Bertz CT molecular complexity index is 1650. The number of nitrogens with zero attached hydrogens (tertiary/aromatic N) is 6. The van der Waals surface area contributed by atoms with E-state index >= 15 is 0 Å². The molecule has 188 valence electrons. The first-order chi connectivity index (χ1) is 18.5. The monoisotopic (exact) mass is 698 g/mol. The molecule has 5 heterocycles. The summed E-state index contributed by atoms with van der Waals surface area (Å²) in [6.45, 7) is 2.62. The van der Waals surface area contributed by atoms with E-state index in [0.717, 1.165) is 64.7 Å². The van der Waals surface area contributed by atoms with Gasteiger partial charge in [0.05, 0.1) is 0 Å². The third-order valence-electron chi connectivity index (χ3n) is 8.16. The van der Waals surface area contributed by atoms with Crippen LogP contribution in [0, 0.1) is 12.7 Å². The van der Waals surface area contributed by atoms with Crippen molar-refractivity contribution in [1.82, 2.24) is 27.7 Å². The van der Waals surface area contributed by atoms with Crippen molar-refractivity contribution in [1.29, 1.82) is 0 Å². The molecular weight excluding hydrogens is 672 g/mol. The van der Waals surface area contributed by atoms with Crippen LogP contribution in [0.15, 0.2) is 65.2 Å². The van der Waals surface area contributed by atoms with E-state index in [1.807, 2.05) is 37.4 Å². The van der Waals surface area contributed by atoms with Gasteiger partial charge in [-0.05, 0) is 6.07 Å². The van der Waals surface area contributed by atoms with Crippen molar-refractivity contribution in [3.63, 3.8) is 0 Å². The van der Waals surface area contributed by atoms with Gasteiger partial charge in [-0.3, -0.25) is 0 Å². The Morgan fingerprint density at radius 2 is 1.87 bits per heavy atom. The Kier molecular flexibility index (Phi) is 6.11. The predicted molar refractivity (Wildman–Crippen MR) is 143 cm³/mol. The summed E-state index contributed by atoms with van der Waals surface area (Å²) >= 11 is 0.550. The fraction of sp³-hybridized carbons (Fsp3) is 0.310. The SMILES string of the molecule is Cc1cc(-c2n[n]([Tl])c3ccc(-c4nnc(C5CCC6CCC5N6Cc5ccccc5F)o4)cc23)ccn1. The molecule has 0 N–H and O–H groups in total. The van der Waals surface area contributed by atoms with E-state index in [2.05, 4.69) is 40.8 Å². The van der Waals surface area contributed by atoms with Gasteiger partial charge in [-0.1, -0.05) is 18.2 Å². The molecule has 3 atom stereocenters. The van der Waals surface area contributed by atoms with Crippen molar-refractivity contribution in [2.24, 2.45) is 0 Å². The van der Waals surface area contributed by atoms with Gasteiger partial charge in [0.15, 0.2) is 0 Å². The van der Waals surface area contributed by atoms with E-state index in [9.17, 15) is 4.39 Å². The van der Waals surface area contributed by atoms with Gasteiger partial charge in [0.2, 0.25) is 0 Å². The number of fused-ring (bicyclic) bond motifs is 3. The standard InChI is InChI=1S/C29H26FN6O.Tl/c1-17-14-18(12-13-31-17)27-23-15-19(6-10-25(23)32-33-27)28-34-35-29(37-28)22-9-7-21-8-11-26(22)36(21)16-20-4-2-3-5-24(20)30;/h2-6,10,12-15,21-22,26H,7-9,11,16H2,1H3;/q-1;+1. The molecule has 3 unspecified atom stereocenters. The molecule has 3 aromatic heterocycles. The number of hydrogen-bond acceptors (Lipinski definition) is 6. The molecule has 9 heteroatoms. The van der Waals surface area contributed by atoms with Crippen LogP contribution in [-0.2, 0) is 6.54 Å². The number of benzene rings is 2. The third kappa shape index (κ3) is 4.18. The van der Waals surface area contributed by atoms with Gasteiger partial charge in [0, 0.05) is 5.56 Å². The van der Waals surface area contributed by atoms with E-state index in [1.165, 1.54) is 0 Å². The second-order valence-electron chi connectivity index (χ2n) is 10.4. The molecule has 7 nitrogen and oxygen atoms in total. The zero-order valence-electron chi connectivity index (χ0n) is 21.1. The van der Waals surface area contributed by atoms with E-state index in [-0.39, 0.29) is 17.8 Å². The molecule has 0 aliphatic carbocycles. The van der Waals surface area contributed by atoms with Crippen molar-refractivity contribution in [3.05, 3.63) is 83.8 Å². The summed E-state index contributed by atoms with van der Waals surface area (Å²) in [7, 11) is 0. The summed E-state index contributed by atoms with van der Waals surface area (Å²) in [6, 6.07) is 18.2. The molecule has 2 aliphatic rings. The number of hydrogen-bond donors (Lipinski definition) is 0. The molecule has 7 rings (SSSR count). The number of aryl methyl sites for hydroxylation is 1. The van der Waals surface area contributed by atoms with Crippen LogP contribution in [0.1, 0.15) is 48.7 Å². The number of aromatic nitrogens is 5. The summed E-state index contributed by atoms with van der Waals surface area (Å²) in [5.74, 6) is 1.24. The van der Waals surface area contributed by atoms with Gasteiger partial charge in [0.1, 0.15) is 5.82 Å². The van der Waals surface area contributed by atoms with Crippen LogP contribution < -0.4 is 0 Å². The molecule has 0 saturated carbocycles. The van der Waals surface area contributed by atoms with Gasteiger partial charge in [0.25, 0.3) is 0 Å². The second kappa shape index (κ2) is 9.64. The normalized spacial score (nSPS) is 21.3. The van der Waals surface area contributed by atoms with Gasteiger partial charge in [-0.25, -0.2) is 4.39 Å². The predicted octanol–water partition coefficient (Wildman–Crippen LogP) is 5.44. The summed E-state index contributed by atoms with van der Waals surface area (Å²) < 4.78 is 22.8. The van der Waals surface area contributed by atoms with Gasteiger partial charge < -0.3 is 0 Å². The summed E-state index contributed by atoms with van der Waals surface area (Å²) in [6.07, 6.45) is 6.11. The number of piperidine rings is 1. The zero-order chi connectivity index (χ0) is 25.8. The second-order valence-corrected chi connectivity index (χ2v) is 12.3. The Labute approximate surface area is 236 Å². The van der Waals surface area contributed by atoms with E-state index in [1.54, 1.807) is 12.1 Å². The number of pyridine rings is 1. The molecule has 2 saturated heterocycles. The maximum absolute atomic E-state index is 14.4. The summed E-state index contributed by atoms with van der Waals surface area (Å²) in [5.41, 5.74) is 5.72. The minimum atomic E-state index is -0.135. The fourth-order valence-electron chi connectivity index (χ4n) is 6.31. The Hall–Kier alpha value is -2.99. The Morgan fingerprint density at radius 3 is 2.74 bits per heavy atom. The maximum atomic E-state index is 14.4. The van der Waals surface area contributed by atoms with Crippen molar-refractivity contribution in [2.45, 2.75) is 57.2 Å². The van der Waals surface area contributed by atoms with Crippen LogP contribution in [0.4, 0.5) is 4.39 Å². The zero-order valence-corrected chi connectivity index (χ0v) is 25.6. The number of halogens is 1.